The van der Waals surface area contributed by atoms with E-state index in [-0.39, 0.29) is 60.6 Å². The molecule has 2 heterocycles. The van der Waals surface area contributed by atoms with E-state index in [0.29, 0.717) is 38.1 Å². The highest BCUT2D eigenvalue weighted by molar-refractivity contribution is 7.89. The molecule has 2 aliphatic heterocycles. The number of hydrogen-bond acceptors (Lipinski definition) is 8. The summed E-state index contributed by atoms with van der Waals surface area (Å²) in [7, 11) is -2.37. The summed E-state index contributed by atoms with van der Waals surface area (Å²) < 4.78 is 44.2. The van der Waals surface area contributed by atoms with Crippen LogP contribution in [-0.4, -0.2) is 93.9 Å². The molecule has 1 aromatic carbocycles. The van der Waals surface area contributed by atoms with Gasteiger partial charge < -0.3 is 29.5 Å². The first-order valence-electron chi connectivity index (χ1n) is 13.5. The zero-order chi connectivity index (χ0) is 28.4. The lowest BCUT2D eigenvalue weighted by molar-refractivity contribution is -0.150. The summed E-state index contributed by atoms with van der Waals surface area (Å²) in [5, 5.41) is 12.3. The highest BCUT2D eigenvalue weighted by atomic mass is 32.2. The number of aliphatic hydroxyl groups excluding tert-OH is 1. The van der Waals surface area contributed by atoms with Crippen molar-refractivity contribution in [3.05, 3.63) is 36.1 Å². The summed E-state index contributed by atoms with van der Waals surface area (Å²) in [6.07, 6.45) is 3.75. The van der Waals surface area contributed by atoms with Gasteiger partial charge in [0.2, 0.25) is 22.2 Å². The fraction of sp³-hybridized carbons (Fsp3) is 0.630. The number of hydrogen-bond donors (Lipinski definition) is 2. The second kappa shape index (κ2) is 14.6. The summed E-state index contributed by atoms with van der Waals surface area (Å²) >= 11 is 0. The van der Waals surface area contributed by atoms with Crippen molar-refractivity contribution in [1.82, 2.24) is 14.5 Å². The molecule has 0 radical (unpaired) electrons. The molecule has 1 saturated heterocycles. The smallest absolute Gasteiger partial charge is 0.286 e. The predicted octanol–water partition coefficient (Wildman–Crippen LogP) is 1.73. The van der Waals surface area contributed by atoms with Crippen LogP contribution in [0.1, 0.15) is 39.5 Å². The van der Waals surface area contributed by atoms with Crippen LogP contribution < -0.4 is 10.1 Å². The summed E-state index contributed by atoms with van der Waals surface area (Å²) in [6.45, 7) is 5.49. The SMILES string of the molecule is COc1ccc(S(=O)(=O)N(CCO)CCOC2CC(C(C)C)C=C(C(=O)NCCCN3CCCC3=O)O2)cc1. The van der Waals surface area contributed by atoms with E-state index in [1.54, 1.807) is 12.1 Å². The topological polar surface area (TPSA) is 135 Å². The minimum absolute atomic E-state index is 0.00158. The minimum atomic E-state index is -3.87. The fourth-order valence-corrected chi connectivity index (χ4v) is 5.97. The van der Waals surface area contributed by atoms with E-state index in [0.717, 1.165) is 17.3 Å². The maximum atomic E-state index is 13.1. The van der Waals surface area contributed by atoms with Gasteiger partial charge in [-0.1, -0.05) is 13.8 Å². The number of likely N-dealkylation sites (tertiary alicyclic amines) is 1. The average molecular weight is 568 g/mol. The summed E-state index contributed by atoms with van der Waals surface area (Å²) in [6, 6.07) is 6.03. The van der Waals surface area contributed by atoms with E-state index < -0.39 is 16.3 Å². The van der Waals surface area contributed by atoms with E-state index in [1.165, 1.54) is 19.2 Å². The van der Waals surface area contributed by atoms with Crippen LogP contribution in [0.25, 0.3) is 0 Å². The summed E-state index contributed by atoms with van der Waals surface area (Å²) in [5.74, 6) is 0.822. The molecule has 0 aliphatic carbocycles. The molecule has 2 amide bonds. The molecule has 2 atom stereocenters. The Balaban J connectivity index is 1.54. The van der Waals surface area contributed by atoms with Crippen LogP contribution in [0.3, 0.4) is 0 Å². The minimum Gasteiger partial charge on any atom is -0.497 e. The molecule has 39 heavy (non-hydrogen) atoms. The Labute approximate surface area is 231 Å². The van der Waals surface area contributed by atoms with Gasteiger partial charge in [0.25, 0.3) is 5.91 Å². The van der Waals surface area contributed by atoms with Gasteiger partial charge >= 0.3 is 0 Å². The Bertz CT molecular complexity index is 1090. The standard InChI is InChI=1S/C27H41N3O8S/c1-20(2)21-18-24(27(33)28-11-5-13-29-12-4-6-25(29)32)38-26(19-21)37-17-15-30(14-16-31)39(34,35)23-9-7-22(36-3)8-10-23/h7-10,18,20-21,26,31H,4-6,11-17,19H2,1-3H3,(H,28,33). The molecule has 218 valence electrons. The number of allylic oxidation sites excluding steroid dienone is 1. The van der Waals surface area contributed by atoms with Crippen LogP contribution in [0.15, 0.2) is 41.0 Å². The zero-order valence-electron chi connectivity index (χ0n) is 23.0. The fourth-order valence-electron chi connectivity index (χ4n) is 4.56. The Kier molecular flexibility index (Phi) is 11.6. The van der Waals surface area contributed by atoms with Gasteiger partial charge in [-0.3, -0.25) is 9.59 Å². The number of sulfonamides is 1. The van der Waals surface area contributed by atoms with Crippen LogP contribution in [0.5, 0.6) is 5.75 Å². The van der Waals surface area contributed by atoms with E-state index in [9.17, 15) is 23.1 Å². The number of methoxy groups -OCH3 is 1. The number of nitrogens with zero attached hydrogens (tertiary/aromatic N) is 2. The Morgan fingerprint density at radius 2 is 2.00 bits per heavy atom. The Morgan fingerprint density at radius 1 is 1.26 bits per heavy atom. The lowest BCUT2D eigenvalue weighted by Crippen LogP contribution is -2.39. The highest BCUT2D eigenvalue weighted by Gasteiger charge is 2.30. The Hall–Kier alpha value is -2.67. The molecular weight excluding hydrogens is 526 g/mol. The molecule has 0 saturated carbocycles. The van der Waals surface area contributed by atoms with Gasteiger partial charge in [0.05, 0.1) is 25.2 Å². The van der Waals surface area contributed by atoms with E-state index in [1.807, 2.05) is 11.0 Å². The van der Waals surface area contributed by atoms with Crippen molar-refractivity contribution in [2.75, 3.05) is 53.0 Å². The zero-order valence-corrected chi connectivity index (χ0v) is 23.8. The molecule has 11 nitrogen and oxygen atoms in total. The molecule has 0 spiro atoms. The molecule has 3 rings (SSSR count). The first-order chi connectivity index (χ1) is 18.6. The maximum Gasteiger partial charge on any atom is 0.286 e. The molecule has 12 heteroatoms. The van der Waals surface area contributed by atoms with Crippen molar-refractivity contribution in [3.63, 3.8) is 0 Å². The molecule has 2 N–H and O–H groups in total. The van der Waals surface area contributed by atoms with Crippen molar-refractivity contribution >= 4 is 21.8 Å². The van der Waals surface area contributed by atoms with Gasteiger partial charge in [-0.15, -0.1) is 0 Å². The number of carbonyl (C=O) groups excluding carboxylic acids is 2. The van der Waals surface area contributed by atoms with Crippen LogP contribution >= 0.6 is 0 Å². The van der Waals surface area contributed by atoms with Gasteiger partial charge in [-0.2, -0.15) is 4.31 Å². The molecule has 2 unspecified atom stereocenters. The number of amides is 2. The third kappa shape index (κ3) is 8.66. The lowest BCUT2D eigenvalue weighted by Gasteiger charge is -2.31. The molecule has 1 fully saturated rings. The number of ether oxygens (including phenoxy) is 3. The average Bonchev–Trinajstić information content (AvgIpc) is 3.34. The number of nitrogens with one attached hydrogen (secondary N) is 1. The summed E-state index contributed by atoms with van der Waals surface area (Å²) in [4.78, 5) is 26.5. The third-order valence-electron chi connectivity index (χ3n) is 6.92. The number of carbonyl (C=O) groups is 2. The largest absolute Gasteiger partial charge is 0.497 e. The summed E-state index contributed by atoms with van der Waals surface area (Å²) in [5.41, 5.74) is 0. The van der Waals surface area contributed by atoms with Crippen LogP contribution in [0.2, 0.25) is 0 Å². The molecular formula is C27H41N3O8S. The molecule has 0 aromatic heterocycles. The first-order valence-corrected chi connectivity index (χ1v) is 14.9. The van der Waals surface area contributed by atoms with Gasteiger partial charge in [-0.05, 0) is 55.0 Å². The van der Waals surface area contributed by atoms with Crippen LogP contribution in [0.4, 0.5) is 0 Å². The normalized spacial score (nSPS) is 19.8. The van der Waals surface area contributed by atoms with E-state index >= 15 is 0 Å². The second-order valence-electron chi connectivity index (χ2n) is 9.99. The van der Waals surface area contributed by atoms with Gasteiger partial charge in [0, 0.05) is 45.6 Å². The maximum absolute atomic E-state index is 13.1. The second-order valence-corrected chi connectivity index (χ2v) is 11.9. The first kappa shape index (κ1) is 30.9. The lowest BCUT2D eigenvalue weighted by atomic mass is 9.90. The Morgan fingerprint density at radius 3 is 2.62 bits per heavy atom. The van der Waals surface area contributed by atoms with Crippen LogP contribution in [0, 0.1) is 11.8 Å². The van der Waals surface area contributed by atoms with Gasteiger partial charge in [0.1, 0.15) is 5.75 Å². The van der Waals surface area contributed by atoms with Crippen molar-refractivity contribution in [2.45, 2.75) is 50.7 Å². The molecule has 1 aromatic rings. The van der Waals surface area contributed by atoms with Gasteiger partial charge in [-0.25, -0.2) is 8.42 Å². The van der Waals surface area contributed by atoms with Crippen LogP contribution in [-0.2, 0) is 29.1 Å². The van der Waals surface area contributed by atoms with Crippen molar-refractivity contribution in [2.24, 2.45) is 11.8 Å². The monoisotopic (exact) mass is 567 g/mol. The highest BCUT2D eigenvalue weighted by Crippen LogP contribution is 2.29. The van der Waals surface area contributed by atoms with Gasteiger partial charge in [0.15, 0.2) is 5.76 Å². The third-order valence-corrected chi connectivity index (χ3v) is 8.83. The number of rotatable bonds is 15. The number of aliphatic hydroxyl groups is 1. The quantitative estimate of drug-likeness (QED) is 0.306. The van der Waals surface area contributed by atoms with Crippen molar-refractivity contribution in [3.8, 4) is 5.75 Å². The molecule has 0 bridgehead atoms. The number of benzene rings is 1. The van der Waals surface area contributed by atoms with Crippen molar-refractivity contribution < 1.29 is 37.3 Å². The van der Waals surface area contributed by atoms with E-state index in [4.69, 9.17) is 14.2 Å². The molecule has 2 aliphatic rings. The predicted molar refractivity (Wildman–Crippen MR) is 144 cm³/mol. The van der Waals surface area contributed by atoms with E-state index in [2.05, 4.69) is 19.2 Å². The van der Waals surface area contributed by atoms with Crippen molar-refractivity contribution in [1.29, 1.82) is 0 Å².